The summed E-state index contributed by atoms with van der Waals surface area (Å²) in [6.07, 6.45) is 13.8. The van der Waals surface area contributed by atoms with Crippen molar-refractivity contribution in [3.05, 3.63) is 41.5 Å². The third kappa shape index (κ3) is 3.48. The molecule has 31 heavy (non-hydrogen) atoms. The number of carbonyl (C=O) groups excluding carboxylic acids is 1. The molecule has 4 aliphatic carbocycles. The van der Waals surface area contributed by atoms with Crippen LogP contribution in [-0.4, -0.2) is 19.5 Å². The molecule has 1 aromatic rings. The van der Waals surface area contributed by atoms with Gasteiger partial charge in [0.25, 0.3) is 0 Å². The molecule has 4 aliphatic rings. The molecule has 7 unspecified atom stereocenters. The SMILES string of the molecule is COc1ccc(COC2CCC3(C)C(=CCC4C3CCC3(C)C(C=O)CCC43)C2)cc1. The molecule has 7 atom stereocenters. The van der Waals surface area contributed by atoms with E-state index < -0.39 is 0 Å². The van der Waals surface area contributed by atoms with E-state index in [1.165, 1.54) is 44.0 Å². The second kappa shape index (κ2) is 8.06. The Morgan fingerprint density at radius 3 is 2.58 bits per heavy atom. The lowest BCUT2D eigenvalue weighted by Gasteiger charge is -2.58. The molecule has 0 heterocycles. The summed E-state index contributed by atoms with van der Waals surface area (Å²) in [6, 6.07) is 8.22. The second-order valence-electron chi connectivity index (χ2n) is 11.1. The number of benzene rings is 1. The van der Waals surface area contributed by atoms with Crippen LogP contribution in [0.3, 0.4) is 0 Å². The summed E-state index contributed by atoms with van der Waals surface area (Å²) in [7, 11) is 1.70. The van der Waals surface area contributed by atoms with Gasteiger partial charge in [-0.2, -0.15) is 0 Å². The van der Waals surface area contributed by atoms with E-state index in [1.807, 2.05) is 12.1 Å². The molecule has 168 valence electrons. The van der Waals surface area contributed by atoms with Crippen LogP contribution in [0.4, 0.5) is 0 Å². The molecule has 0 aromatic heterocycles. The number of methoxy groups -OCH3 is 1. The number of rotatable bonds is 5. The van der Waals surface area contributed by atoms with Crippen LogP contribution in [0.1, 0.15) is 70.8 Å². The Labute approximate surface area is 187 Å². The summed E-state index contributed by atoms with van der Waals surface area (Å²) in [5.74, 6) is 3.48. The van der Waals surface area contributed by atoms with Crippen molar-refractivity contribution in [1.82, 2.24) is 0 Å². The minimum Gasteiger partial charge on any atom is -0.497 e. The molecular weight excluding hydrogens is 384 g/mol. The molecule has 3 nitrogen and oxygen atoms in total. The van der Waals surface area contributed by atoms with Crippen LogP contribution in [0.5, 0.6) is 5.75 Å². The zero-order valence-electron chi connectivity index (χ0n) is 19.4. The molecule has 0 spiro atoms. The van der Waals surface area contributed by atoms with Gasteiger partial charge in [-0.25, -0.2) is 0 Å². The lowest BCUT2D eigenvalue weighted by Crippen LogP contribution is -2.50. The molecule has 3 fully saturated rings. The normalized spacial score (nSPS) is 41.5. The van der Waals surface area contributed by atoms with Crippen LogP contribution in [0, 0.1) is 34.5 Å². The first-order valence-electron chi connectivity index (χ1n) is 12.4. The van der Waals surface area contributed by atoms with Gasteiger partial charge in [0.2, 0.25) is 0 Å². The third-order valence-corrected chi connectivity index (χ3v) is 9.94. The van der Waals surface area contributed by atoms with Gasteiger partial charge in [-0.3, -0.25) is 0 Å². The van der Waals surface area contributed by atoms with Crippen molar-refractivity contribution in [3.63, 3.8) is 0 Å². The number of fused-ring (bicyclic) bond motifs is 5. The largest absolute Gasteiger partial charge is 0.497 e. The van der Waals surface area contributed by atoms with Gasteiger partial charge in [0, 0.05) is 5.92 Å². The summed E-state index contributed by atoms with van der Waals surface area (Å²) >= 11 is 0. The first-order chi connectivity index (χ1) is 15.0. The number of allylic oxidation sites excluding steroid dienone is 1. The maximum absolute atomic E-state index is 11.7. The van der Waals surface area contributed by atoms with E-state index in [1.54, 1.807) is 12.7 Å². The van der Waals surface area contributed by atoms with Crippen molar-refractivity contribution in [2.24, 2.45) is 34.5 Å². The van der Waals surface area contributed by atoms with E-state index in [0.717, 1.165) is 42.8 Å². The fraction of sp³-hybridized carbons (Fsp3) is 0.679. The summed E-state index contributed by atoms with van der Waals surface area (Å²) in [5.41, 5.74) is 3.46. The molecule has 0 saturated heterocycles. The summed E-state index contributed by atoms with van der Waals surface area (Å²) in [4.78, 5) is 11.7. The van der Waals surface area contributed by atoms with Gasteiger partial charge in [-0.05, 0) is 97.6 Å². The van der Waals surface area contributed by atoms with Gasteiger partial charge in [0.05, 0.1) is 19.8 Å². The minimum absolute atomic E-state index is 0.253. The number of aldehydes is 1. The molecule has 0 amide bonds. The van der Waals surface area contributed by atoms with Crippen molar-refractivity contribution < 1.29 is 14.3 Å². The van der Waals surface area contributed by atoms with E-state index in [2.05, 4.69) is 32.1 Å². The number of hydrogen-bond acceptors (Lipinski definition) is 3. The van der Waals surface area contributed by atoms with Gasteiger partial charge in [-0.1, -0.05) is 37.6 Å². The number of carbonyl (C=O) groups is 1. The maximum Gasteiger partial charge on any atom is 0.123 e. The lowest BCUT2D eigenvalue weighted by molar-refractivity contribution is -0.117. The van der Waals surface area contributed by atoms with E-state index in [-0.39, 0.29) is 5.41 Å². The summed E-state index contributed by atoms with van der Waals surface area (Å²) in [6.45, 7) is 5.65. The average molecular weight is 423 g/mol. The highest BCUT2D eigenvalue weighted by atomic mass is 16.5. The Morgan fingerprint density at radius 2 is 1.84 bits per heavy atom. The standard InChI is InChI=1S/C28H38O3/c1-27-14-12-23(31-18-19-4-8-22(30-3)9-5-19)16-20(27)6-10-24-25-11-7-21(17-29)28(25,2)15-13-26(24)27/h4-6,8-9,17,21,23-26H,7,10-16,18H2,1-3H3. The van der Waals surface area contributed by atoms with Crippen LogP contribution in [-0.2, 0) is 16.1 Å². The topological polar surface area (TPSA) is 35.5 Å². The highest BCUT2D eigenvalue weighted by Gasteiger charge is 2.58. The predicted octanol–water partition coefficient (Wildman–Crippen LogP) is 6.36. The molecule has 0 aliphatic heterocycles. The Balaban J connectivity index is 1.26. The van der Waals surface area contributed by atoms with Gasteiger partial charge in [0.15, 0.2) is 0 Å². The first kappa shape index (κ1) is 21.2. The van der Waals surface area contributed by atoms with E-state index in [9.17, 15) is 4.79 Å². The van der Waals surface area contributed by atoms with Crippen LogP contribution in [0.2, 0.25) is 0 Å². The Bertz CT molecular complexity index is 842. The molecule has 0 bridgehead atoms. The van der Waals surface area contributed by atoms with Crippen LogP contribution in [0.15, 0.2) is 35.9 Å². The first-order valence-corrected chi connectivity index (χ1v) is 12.4. The zero-order valence-corrected chi connectivity index (χ0v) is 19.4. The minimum atomic E-state index is 0.253. The van der Waals surface area contributed by atoms with Crippen molar-refractivity contribution in [3.8, 4) is 5.75 Å². The lowest BCUT2D eigenvalue weighted by atomic mass is 9.47. The molecule has 0 radical (unpaired) electrons. The van der Waals surface area contributed by atoms with Crippen molar-refractivity contribution in [2.45, 2.75) is 77.9 Å². The highest BCUT2D eigenvalue weighted by Crippen LogP contribution is 2.66. The fourth-order valence-corrected chi connectivity index (χ4v) is 7.97. The quantitative estimate of drug-likeness (QED) is 0.409. The third-order valence-electron chi connectivity index (χ3n) is 9.94. The van der Waals surface area contributed by atoms with E-state index in [0.29, 0.717) is 24.0 Å². The number of ether oxygens (including phenoxy) is 2. The van der Waals surface area contributed by atoms with Crippen molar-refractivity contribution in [2.75, 3.05) is 7.11 Å². The van der Waals surface area contributed by atoms with E-state index in [4.69, 9.17) is 9.47 Å². The Morgan fingerprint density at radius 1 is 1.03 bits per heavy atom. The number of hydrogen-bond donors (Lipinski definition) is 0. The van der Waals surface area contributed by atoms with Crippen LogP contribution < -0.4 is 4.74 Å². The fourth-order valence-electron chi connectivity index (χ4n) is 7.97. The predicted molar refractivity (Wildman–Crippen MR) is 123 cm³/mol. The van der Waals surface area contributed by atoms with Gasteiger partial charge >= 0.3 is 0 Å². The Kier molecular flexibility index (Phi) is 5.53. The zero-order chi connectivity index (χ0) is 21.6. The molecule has 3 saturated carbocycles. The molecule has 5 rings (SSSR count). The van der Waals surface area contributed by atoms with E-state index >= 15 is 0 Å². The maximum atomic E-state index is 11.7. The highest BCUT2D eigenvalue weighted by molar-refractivity contribution is 5.56. The van der Waals surface area contributed by atoms with Gasteiger partial charge in [-0.15, -0.1) is 0 Å². The molecule has 0 N–H and O–H groups in total. The smallest absolute Gasteiger partial charge is 0.123 e. The average Bonchev–Trinajstić information content (AvgIpc) is 3.14. The van der Waals surface area contributed by atoms with Crippen LogP contribution >= 0.6 is 0 Å². The van der Waals surface area contributed by atoms with Gasteiger partial charge < -0.3 is 14.3 Å². The molecule has 3 heteroatoms. The summed E-state index contributed by atoms with van der Waals surface area (Å²) < 4.78 is 11.6. The van der Waals surface area contributed by atoms with Crippen LogP contribution in [0.25, 0.3) is 0 Å². The Hall–Kier alpha value is -1.61. The molecule has 1 aromatic carbocycles. The van der Waals surface area contributed by atoms with Crippen molar-refractivity contribution >= 4 is 6.29 Å². The van der Waals surface area contributed by atoms with Crippen molar-refractivity contribution in [1.29, 1.82) is 0 Å². The monoisotopic (exact) mass is 422 g/mol. The second-order valence-corrected chi connectivity index (χ2v) is 11.1. The molecular formula is C28H38O3. The summed E-state index contributed by atoms with van der Waals surface area (Å²) in [5, 5.41) is 0. The van der Waals surface area contributed by atoms with Gasteiger partial charge in [0.1, 0.15) is 12.0 Å².